The van der Waals surface area contributed by atoms with Gasteiger partial charge in [0, 0.05) is 25.0 Å². The van der Waals surface area contributed by atoms with E-state index in [-0.39, 0.29) is 23.9 Å². The Labute approximate surface area is 141 Å². The van der Waals surface area contributed by atoms with Crippen molar-refractivity contribution in [3.8, 4) is 18.0 Å². The predicted octanol–water partition coefficient (Wildman–Crippen LogP) is 3.06. The summed E-state index contributed by atoms with van der Waals surface area (Å²) in [6.45, 7) is 5.87. The minimum atomic E-state index is -0.670. The molecule has 0 bridgehead atoms. The maximum atomic E-state index is 12.6. The van der Waals surface area contributed by atoms with Crippen molar-refractivity contribution in [2.75, 3.05) is 0 Å². The summed E-state index contributed by atoms with van der Waals surface area (Å²) < 4.78 is 1.80. The van der Waals surface area contributed by atoms with Gasteiger partial charge in [-0.1, -0.05) is 0 Å². The molecule has 3 rings (SSSR count). The zero-order valence-corrected chi connectivity index (χ0v) is 14.2. The van der Waals surface area contributed by atoms with Gasteiger partial charge in [0.25, 0.3) is 0 Å². The molecule has 1 aliphatic rings. The van der Waals surface area contributed by atoms with Gasteiger partial charge in [0.15, 0.2) is 5.78 Å². The molecule has 2 atom stereocenters. The molecule has 0 amide bonds. The van der Waals surface area contributed by atoms with Crippen molar-refractivity contribution in [1.29, 1.82) is 0 Å². The maximum Gasteiger partial charge on any atom is 0.152 e. The smallest absolute Gasteiger partial charge is 0.152 e. The molecule has 2 unspecified atom stereocenters. The lowest BCUT2D eigenvalue weighted by Crippen LogP contribution is -2.18. The Balaban J connectivity index is 2.02. The standard InChI is InChI=1S/C20H20N2O2/c1-5-6-15-9-17(23)19(20(15)24)18-13(3)7-16(8-14(18)4)22-11-12(2)10-21-22/h1,7-8,10-11,15,19H,6,9H2,2-4H3. The molecular formula is C20H20N2O2. The quantitative estimate of drug-likeness (QED) is 0.645. The molecule has 4 nitrogen and oxygen atoms in total. The van der Waals surface area contributed by atoms with E-state index in [9.17, 15) is 9.59 Å². The molecule has 1 aromatic heterocycles. The highest BCUT2D eigenvalue weighted by Crippen LogP contribution is 2.37. The molecule has 1 saturated carbocycles. The average Bonchev–Trinajstić information content (AvgIpc) is 3.06. The molecule has 1 aromatic carbocycles. The number of aromatic nitrogens is 2. The largest absolute Gasteiger partial charge is 0.298 e. The number of rotatable bonds is 3. The number of benzene rings is 1. The Morgan fingerprint density at radius 2 is 1.92 bits per heavy atom. The first-order chi connectivity index (χ1) is 11.4. The number of hydrogen-bond acceptors (Lipinski definition) is 3. The second-order valence-electron chi connectivity index (χ2n) is 6.57. The van der Waals surface area contributed by atoms with Crippen LogP contribution in [0.15, 0.2) is 24.5 Å². The summed E-state index contributed by atoms with van der Waals surface area (Å²) in [5.41, 5.74) is 4.71. The number of carbonyl (C=O) groups excluding carboxylic acids is 2. The lowest BCUT2D eigenvalue weighted by molar-refractivity contribution is -0.124. The fourth-order valence-corrected chi connectivity index (χ4v) is 3.57. The van der Waals surface area contributed by atoms with Gasteiger partial charge in [-0.05, 0) is 55.2 Å². The van der Waals surface area contributed by atoms with E-state index < -0.39 is 5.92 Å². The third-order valence-corrected chi connectivity index (χ3v) is 4.66. The third kappa shape index (κ3) is 2.67. The van der Waals surface area contributed by atoms with E-state index in [0.29, 0.717) is 6.42 Å². The van der Waals surface area contributed by atoms with Crippen molar-refractivity contribution in [1.82, 2.24) is 9.78 Å². The third-order valence-electron chi connectivity index (χ3n) is 4.66. The van der Waals surface area contributed by atoms with Gasteiger partial charge >= 0.3 is 0 Å². The number of aryl methyl sites for hydroxylation is 3. The van der Waals surface area contributed by atoms with Crippen LogP contribution in [0.1, 0.15) is 41.0 Å². The van der Waals surface area contributed by atoms with Crippen LogP contribution in [0.5, 0.6) is 0 Å². The lowest BCUT2D eigenvalue weighted by Gasteiger charge is -2.17. The molecule has 1 aliphatic carbocycles. The number of ketones is 2. The molecule has 1 heterocycles. The lowest BCUT2D eigenvalue weighted by atomic mass is 9.87. The van der Waals surface area contributed by atoms with Gasteiger partial charge in [-0.3, -0.25) is 9.59 Å². The van der Waals surface area contributed by atoms with E-state index in [4.69, 9.17) is 6.42 Å². The van der Waals surface area contributed by atoms with Crippen LogP contribution in [0.4, 0.5) is 0 Å². The summed E-state index contributed by atoms with van der Waals surface area (Å²) in [4.78, 5) is 25.1. The molecule has 0 spiro atoms. The van der Waals surface area contributed by atoms with Crippen LogP contribution in [0, 0.1) is 39.0 Å². The number of carbonyl (C=O) groups is 2. The van der Waals surface area contributed by atoms with Crippen LogP contribution >= 0.6 is 0 Å². The zero-order valence-electron chi connectivity index (χ0n) is 14.2. The molecule has 0 saturated heterocycles. The summed E-state index contributed by atoms with van der Waals surface area (Å²) in [7, 11) is 0. The van der Waals surface area contributed by atoms with Crippen LogP contribution in [0.3, 0.4) is 0 Å². The number of terminal acetylenes is 1. The van der Waals surface area contributed by atoms with Gasteiger partial charge in [-0.15, -0.1) is 12.3 Å². The first-order valence-corrected chi connectivity index (χ1v) is 8.05. The molecule has 2 aromatic rings. The van der Waals surface area contributed by atoms with E-state index in [2.05, 4.69) is 11.0 Å². The van der Waals surface area contributed by atoms with Crippen LogP contribution in [0.25, 0.3) is 5.69 Å². The molecule has 24 heavy (non-hydrogen) atoms. The number of Topliss-reactive ketones (excluding diaryl/α,β-unsaturated/α-hetero) is 2. The topological polar surface area (TPSA) is 52.0 Å². The Morgan fingerprint density at radius 1 is 1.25 bits per heavy atom. The molecular weight excluding hydrogens is 300 g/mol. The maximum absolute atomic E-state index is 12.6. The van der Waals surface area contributed by atoms with Crippen molar-refractivity contribution in [2.45, 2.75) is 39.5 Å². The zero-order chi connectivity index (χ0) is 17.4. The Bertz CT molecular complexity index is 847. The molecule has 122 valence electrons. The molecule has 0 radical (unpaired) electrons. The van der Waals surface area contributed by atoms with E-state index in [1.807, 2.05) is 39.1 Å². The molecule has 4 heteroatoms. The fourth-order valence-electron chi connectivity index (χ4n) is 3.57. The van der Waals surface area contributed by atoms with E-state index in [0.717, 1.165) is 27.9 Å². The average molecular weight is 320 g/mol. The summed E-state index contributed by atoms with van der Waals surface area (Å²) in [5, 5.41) is 4.32. The highest BCUT2D eigenvalue weighted by atomic mass is 16.2. The monoisotopic (exact) mass is 320 g/mol. The minimum absolute atomic E-state index is 0.0193. The van der Waals surface area contributed by atoms with Crippen molar-refractivity contribution in [3.05, 3.63) is 46.8 Å². The number of nitrogens with zero attached hydrogens (tertiary/aromatic N) is 2. The van der Waals surface area contributed by atoms with Gasteiger partial charge in [0.2, 0.25) is 0 Å². The van der Waals surface area contributed by atoms with Crippen LogP contribution < -0.4 is 0 Å². The fraction of sp³-hybridized carbons (Fsp3) is 0.350. The Kier molecular flexibility index (Phi) is 4.11. The highest BCUT2D eigenvalue weighted by molar-refractivity contribution is 6.15. The summed E-state index contributed by atoms with van der Waals surface area (Å²) >= 11 is 0. The second-order valence-corrected chi connectivity index (χ2v) is 6.57. The van der Waals surface area contributed by atoms with Crippen LogP contribution in [0.2, 0.25) is 0 Å². The van der Waals surface area contributed by atoms with Crippen molar-refractivity contribution in [2.24, 2.45) is 5.92 Å². The Hall–Kier alpha value is -2.67. The minimum Gasteiger partial charge on any atom is -0.298 e. The van der Waals surface area contributed by atoms with E-state index in [1.165, 1.54) is 0 Å². The van der Waals surface area contributed by atoms with Gasteiger partial charge in [-0.25, -0.2) is 4.68 Å². The van der Waals surface area contributed by atoms with Crippen LogP contribution in [-0.2, 0) is 9.59 Å². The molecule has 0 aliphatic heterocycles. The Morgan fingerprint density at radius 3 is 2.46 bits per heavy atom. The summed E-state index contributed by atoms with van der Waals surface area (Å²) in [6.07, 6.45) is 9.66. The van der Waals surface area contributed by atoms with Crippen molar-refractivity contribution < 1.29 is 9.59 Å². The van der Waals surface area contributed by atoms with E-state index in [1.54, 1.807) is 10.9 Å². The number of hydrogen-bond donors (Lipinski definition) is 0. The van der Waals surface area contributed by atoms with Gasteiger partial charge < -0.3 is 0 Å². The van der Waals surface area contributed by atoms with Gasteiger partial charge in [-0.2, -0.15) is 5.10 Å². The summed E-state index contributed by atoms with van der Waals surface area (Å²) in [6, 6.07) is 3.95. The van der Waals surface area contributed by atoms with Gasteiger partial charge in [0.1, 0.15) is 11.7 Å². The molecule has 0 N–H and O–H groups in total. The van der Waals surface area contributed by atoms with Crippen LogP contribution in [-0.4, -0.2) is 21.3 Å². The SMILES string of the molecule is C#CCC1CC(=O)C(c2c(C)cc(-n3cc(C)cn3)cc2C)C1=O. The van der Waals surface area contributed by atoms with Crippen molar-refractivity contribution in [3.63, 3.8) is 0 Å². The first kappa shape index (κ1) is 16.2. The molecule has 1 fully saturated rings. The normalized spacial score (nSPS) is 20.4. The predicted molar refractivity (Wildman–Crippen MR) is 92.1 cm³/mol. The highest BCUT2D eigenvalue weighted by Gasteiger charge is 2.42. The summed E-state index contributed by atoms with van der Waals surface area (Å²) in [5.74, 6) is 1.45. The van der Waals surface area contributed by atoms with Crippen molar-refractivity contribution >= 4 is 11.6 Å². The van der Waals surface area contributed by atoms with Gasteiger partial charge in [0.05, 0.1) is 11.9 Å². The first-order valence-electron chi connectivity index (χ1n) is 8.05. The van der Waals surface area contributed by atoms with E-state index >= 15 is 0 Å². The second kappa shape index (κ2) is 6.09.